The standard InChI is InChI=1S/C12H12O5S/c1-18(16,17)12(6-7-12)9-4-2-8(3-5-9)10(13)11(14)15/h2-5H,6-7H2,1H3,(H,14,15). The fourth-order valence-electron chi connectivity index (χ4n) is 2.04. The highest BCUT2D eigenvalue weighted by molar-refractivity contribution is 7.92. The molecule has 0 spiro atoms. The van der Waals surface area contributed by atoms with E-state index in [0.29, 0.717) is 18.4 Å². The average Bonchev–Trinajstić information content (AvgIpc) is 3.08. The van der Waals surface area contributed by atoms with E-state index in [1.165, 1.54) is 30.5 Å². The van der Waals surface area contributed by atoms with Gasteiger partial charge in [0.2, 0.25) is 0 Å². The van der Waals surface area contributed by atoms with Crippen LogP contribution in [-0.2, 0) is 19.4 Å². The van der Waals surface area contributed by atoms with Gasteiger partial charge in [-0.05, 0) is 18.4 Å². The Hall–Kier alpha value is -1.69. The zero-order chi connectivity index (χ0) is 13.6. The lowest BCUT2D eigenvalue weighted by Gasteiger charge is -2.13. The van der Waals surface area contributed by atoms with Crippen LogP contribution in [0, 0.1) is 0 Å². The summed E-state index contributed by atoms with van der Waals surface area (Å²) in [5.74, 6) is -2.52. The molecular weight excluding hydrogens is 256 g/mol. The fraction of sp³-hybridized carbons (Fsp3) is 0.333. The third-order valence-corrected chi connectivity index (χ3v) is 5.34. The molecule has 1 aliphatic carbocycles. The van der Waals surface area contributed by atoms with Crippen molar-refractivity contribution in [3.63, 3.8) is 0 Å². The lowest BCUT2D eigenvalue weighted by atomic mass is 10.1. The number of ketones is 1. The Kier molecular flexibility index (Phi) is 2.77. The molecule has 6 heteroatoms. The number of carboxylic acids is 1. The fourth-order valence-corrected chi connectivity index (χ4v) is 3.44. The Balaban J connectivity index is 2.35. The molecule has 0 bridgehead atoms. The molecule has 0 unspecified atom stereocenters. The predicted molar refractivity (Wildman–Crippen MR) is 64.2 cm³/mol. The molecule has 0 amide bonds. The van der Waals surface area contributed by atoms with Crippen LogP contribution < -0.4 is 0 Å². The minimum Gasteiger partial charge on any atom is -0.475 e. The third kappa shape index (κ3) is 1.92. The lowest BCUT2D eigenvalue weighted by molar-refractivity contribution is -0.131. The van der Waals surface area contributed by atoms with Gasteiger partial charge in [0.05, 0.1) is 4.75 Å². The van der Waals surface area contributed by atoms with Gasteiger partial charge in [-0.1, -0.05) is 24.3 Å². The molecule has 1 fully saturated rings. The summed E-state index contributed by atoms with van der Waals surface area (Å²) >= 11 is 0. The molecule has 0 aromatic heterocycles. The maximum absolute atomic E-state index is 11.7. The van der Waals surface area contributed by atoms with Gasteiger partial charge < -0.3 is 5.11 Å². The van der Waals surface area contributed by atoms with E-state index in [4.69, 9.17) is 5.11 Å². The maximum Gasteiger partial charge on any atom is 0.377 e. The molecule has 0 aliphatic heterocycles. The van der Waals surface area contributed by atoms with Gasteiger partial charge in [-0.25, -0.2) is 13.2 Å². The highest BCUT2D eigenvalue weighted by atomic mass is 32.2. The Bertz CT molecular complexity index is 608. The molecule has 0 radical (unpaired) electrons. The molecule has 1 saturated carbocycles. The summed E-state index contributed by atoms with van der Waals surface area (Å²) in [6, 6.07) is 5.75. The molecule has 0 atom stereocenters. The van der Waals surface area contributed by atoms with Crippen LogP contribution in [0.5, 0.6) is 0 Å². The van der Waals surface area contributed by atoms with Crippen molar-refractivity contribution in [2.24, 2.45) is 0 Å². The van der Waals surface area contributed by atoms with Crippen molar-refractivity contribution >= 4 is 21.6 Å². The molecular formula is C12H12O5S. The topological polar surface area (TPSA) is 88.5 Å². The van der Waals surface area contributed by atoms with Gasteiger partial charge in [0, 0.05) is 11.8 Å². The summed E-state index contributed by atoms with van der Waals surface area (Å²) in [5, 5.41) is 8.56. The van der Waals surface area contributed by atoms with Crippen LogP contribution >= 0.6 is 0 Å². The highest BCUT2D eigenvalue weighted by Gasteiger charge is 2.53. The number of sulfone groups is 1. The number of hydrogen-bond donors (Lipinski definition) is 1. The van der Waals surface area contributed by atoms with Crippen LogP contribution in [0.3, 0.4) is 0 Å². The van der Waals surface area contributed by atoms with E-state index < -0.39 is 26.3 Å². The Morgan fingerprint density at radius 3 is 2.00 bits per heavy atom. The zero-order valence-electron chi connectivity index (χ0n) is 9.71. The van der Waals surface area contributed by atoms with E-state index in [0.717, 1.165) is 0 Å². The van der Waals surface area contributed by atoms with E-state index in [1.807, 2.05) is 0 Å². The van der Waals surface area contributed by atoms with Gasteiger partial charge >= 0.3 is 5.97 Å². The highest BCUT2D eigenvalue weighted by Crippen LogP contribution is 2.52. The molecule has 5 nitrogen and oxygen atoms in total. The normalized spacial score (nSPS) is 17.2. The van der Waals surface area contributed by atoms with Crippen molar-refractivity contribution in [2.75, 3.05) is 6.26 Å². The predicted octanol–water partition coefficient (Wildman–Crippen LogP) is 0.988. The molecule has 96 valence electrons. The van der Waals surface area contributed by atoms with E-state index in [-0.39, 0.29) is 5.56 Å². The first-order valence-corrected chi connectivity index (χ1v) is 7.25. The summed E-state index contributed by atoms with van der Waals surface area (Å²) in [6.45, 7) is 0. The third-order valence-electron chi connectivity index (χ3n) is 3.28. The molecule has 1 aliphatic rings. The van der Waals surface area contributed by atoms with E-state index in [1.54, 1.807) is 0 Å². The summed E-state index contributed by atoms with van der Waals surface area (Å²) in [7, 11) is -3.19. The van der Waals surface area contributed by atoms with Crippen molar-refractivity contribution in [1.29, 1.82) is 0 Å². The van der Waals surface area contributed by atoms with Crippen LogP contribution in [-0.4, -0.2) is 31.5 Å². The summed E-state index contributed by atoms with van der Waals surface area (Å²) in [6.07, 6.45) is 2.33. The van der Waals surface area contributed by atoms with E-state index in [2.05, 4.69) is 0 Å². The molecule has 1 aromatic carbocycles. The minimum absolute atomic E-state index is 0.0514. The van der Waals surface area contributed by atoms with Crippen LogP contribution in [0.15, 0.2) is 24.3 Å². The number of carbonyl (C=O) groups is 2. The first-order chi connectivity index (χ1) is 8.28. The number of Topliss-reactive ketones (excluding diaryl/α,β-unsaturated/α-hetero) is 1. The largest absolute Gasteiger partial charge is 0.475 e. The first-order valence-electron chi connectivity index (χ1n) is 5.36. The minimum atomic E-state index is -3.19. The van der Waals surface area contributed by atoms with Gasteiger partial charge in [-0.15, -0.1) is 0 Å². The van der Waals surface area contributed by atoms with Crippen molar-refractivity contribution in [2.45, 2.75) is 17.6 Å². The van der Waals surface area contributed by atoms with Crippen molar-refractivity contribution < 1.29 is 23.1 Å². The SMILES string of the molecule is CS(=O)(=O)C1(c2ccc(C(=O)C(=O)O)cc2)CC1. The van der Waals surface area contributed by atoms with Crippen molar-refractivity contribution in [3.05, 3.63) is 35.4 Å². The Morgan fingerprint density at radius 1 is 1.17 bits per heavy atom. The molecule has 1 N–H and O–H groups in total. The van der Waals surface area contributed by atoms with E-state index in [9.17, 15) is 18.0 Å². The Labute approximate surface area is 104 Å². The number of carboxylic acid groups (broad SMARTS) is 1. The van der Waals surface area contributed by atoms with E-state index >= 15 is 0 Å². The first kappa shape index (κ1) is 12.8. The van der Waals surface area contributed by atoms with Gasteiger partial charge in [-0.3, -0.25) is 4.79 Å². The lowest BCUT2D eigenvalue weighted by Crippen LogP contribution is -2.19. The van der Waals surface area contributed by atoms with Gasteiger partial charge in [-0.2, -0.15) is 0 Å². The molecule has 18 heavy (non-hydrogen) atoms. The second kappa shape index (κ2) is 3.91. The van der Waals surface area contributed by atoms with Crippen LogP contribution in [0.2, 0.25) is 0 Å². The maximum atomic E-state index is 11.7. The summed E-state index contributed by atoms with van der Waals surface area (Å²) in [4.78, 5) is 21.7. The number of rotatable bonds is 4. The quantitative estimate of drug-likeness (QED) is 0.649. The molecule has 0 heterocycles. The van der Waals surface area contributed by atoms with Crippen LogP contribution in [0.4, 0.5) is 0 Å². The molecule has 2 rings (SSSR count). The number of carbonyl (C=O) groups excluding carboxylic acids is 1. The van der Waals surface area contributed by atoms with Crippen LogP contribution in [0.25, 0.3) is 0 Å². The summed E-state index contributed by atoms with van der Waals surface area (Å²) in [5.41, 5.74) is 0.669. The van der Waals surface area contributed by atoms with Gasteiger partial charge in [0.1, 0.15) is 0 Å². The smallest absolute Gasteiger partial charge is 0.377 e. The number of benzene rings is 1. The Morgan fingerprint density at radius 2 is 1.67 bits per heavy atom. The van der Waals surface area contributed by atoms with Crippen molar-refractivity contribution in [3.8, 4) is 0 Å². The second-order valence-corrected chi connectivity index (χ2v) is 6.80. The number of hydrogen-bond acceptors (Lipinski definition) is 4. The molecule has 0 saturated heterocycles. The van der Waals surface area contributed by atoms with Gasteiger partial charge in [0.15, 0.2) is 9.84 Å². The monoisotopic (exact) mass is 268 g/mol. The second-order valence-electron chi connectivity index (χ2n) is 4.48. The average molecular weight is 268 g/mol. The van der Waals surface area contributed by atoms with Crippen LogP contribution in [0.1, 0.15) is 28.8 Å². The zero-order valence-corrected chi connectivity index (χ0v) is 10.5. The molecule has 1 aromatic rings. The van der Waals surface area contributed by atoms with Crippen molar-refractivity contribution in [1.82, 2.24) is 0 Å². The number of aliphatic carboxylic acids is 1. The summed E-state index contributed by atoms with van der Waals surface area (Å²) < 4.78 is 22.5. The van der Waals surface area contributed by atoms with Gasteiger partial charge in [0.25, 0.3) is 5.78 Å².